The Bertz CT molecular complexity index is 2010. The predicted octanol–water partition coefficient (Wildman–Crippen LogP) is -12.9. The highest BCUT2D eigenvalue weighted by molar-refractivity contribution is 5.76. The Morgan fingerprint density at radius 1 is 0.270 bits per heavy atom. The summed E-state index contributed by atoms with van der Waals surface area (Å²) in [5, 5.41) is 198. The second-order valence-electron chi connectivity index (χ2n) is 17.2. The van der Waals surface area contributed by atoms with Gasteiger partial charge >= 0.3 is 35.8 Å². The lowest BCUT2D eigenvalue weighted by Gasteiger charge is -2.48. The maximum absolute atomic E-state index is 12.5. The Labute approximate surface area is 409 Å². The smallest absolute Gasteiger partial charge is 0.335 e. The molecule has 6 heterocycles. The second kappa shape index (κ2) is 23.6. The van der Waals surface area contributed by atoms with E-state index in [1.165, 1.54) is 0 Å². The summed E-state index contributed by atoms with van der Waals surface area (Å²) < 4.78 is 61.8. The van der Waals surface area contributed by atoms with Crippen molar-refractivity contribution in [3.05, 3.63) is 0 Å². The van der Waals surface area contributed by atoms with E-state index >= 15 is 0 Å². The summed E-state index contributed by atoms with van der Waals surface area (Å²) in [7, 11) is 0.956. The lowest BCUT2D eigenvalue weighted by molar-refractivity contribution is -0.386. The molecule has 74 heavy (non-hydrogen) atoms. The van der Waals surface area contributed by atoms with E-state index in [1.807, 2.05) is 0 Å². The Balaban J connectivity index is 1.13. The molecule has 0 saturated carbocycles. The van der Waals surface area contributed by atoms with Crippen LogP contribution in [0, 0.1) is 0 Å². The summed E-state index contributed by atoms with van der Waals surface area (Å²) in [6.07, 6.45) is -72.2. The van der Waals surface area contributed by atoms with E-state index in [0.29, 0.717) is 0 Å². The minimum atomic E-state index is -2.64. The van der Waals surface area contributed by atoms with E-state index < -0.39 is 220 Å². The van der Waals surface area contributed by atoms with Gasteiger partial charge in [-0.1, -0.05) is 0 Å². The first-order valence-corrected chi connectivity index (χ1v) is 21.5. The van der Waals surface area contributed by atoms with Gasteiger partial charge in [-0.05, 0) is 0 Å². The normalized spacial score (nSPS) is 49.1. The number of carboxylic acid groups (broad SMARTS) is 6. The van der Waals surface area contributed by atoms with Crippen LogP contribution in [0.5, 0.6) is 0 Å². The lowest BCUT2D eigenvalue weighted by atomic mass is 9.95. The summed E-state index contributed by atoms with van der Waals surface area (Å²) in [5.41, 5.74) is 0. The van der Waals surface area contributed by atoms with Crippen LogP contribution < -0.4 is 0 Å². The molecule has 37 heteroatoms. The van der Waals surface area contributed by atoms with Crippen molar-refractivity contribution >= 4 is 35.8 Å². The van der Waals surface area contributed by atoms with E-state index in [4.69, 9.17) is 52.1 Å². The number of rotatable bonds is 17. The van der Waals surface area contributed by atoms with Crippen molar-refractivity contribution in [2.45, 2.75) is 184 Å². The molecule has 30 atom stereocenters. The van der Waals surface area contributed by atoms with Crippen molar-refractivity contribution in [2.24, 2.45) is 0 Å². The van der Waals surface area contributed by atoms with E-state index in [9.17, 15) is 126 Å². The summed E-state index contributed by atoms with van der Waals surface area (Å²) in [6, 6.07) is 0. The van der Waals surface area contributed by atoms with Crippen LogP contribution in [-0.2, 0) is 85.6 Å². The Hall–Kier alpha value is -4.18. The fourth-order valence-corrected chi connectivity index (χ4v) is 8.59. The third kappa shape index (κ3) is 11.6. The van der Waals surface area contributed by atoms with Crippen LogP contribution in [0.2, 0.25) is 0 Å². The molecule has 6 aliphatic rings. The van der Waals surface area contributed by atoms with Crippen LogP contribution >= 0.6 is 0 Å². The van der Waals surface area contributed by atoms with Crippen LogP contribution in [0.4, 0.5) is 0 Å². The van der Waals surface area contributed by atoms with Gasteiger partial charge in [0.1, 0.15) is 110 Å². The molecule has 12 unspecified atom stereocenters. The fourth-order valence-electron chi connectivity index (χ4n) is 8.59. The zero-order valence-electron chi connectivity index (χ0n) is 37.2. The molecular formula is C37H52O37. The highest BCUT2D eigenvalue weighted by Crippen LogP contribution is 2.37. The summed E-state index contributed by atoms with van der Waals surface area (Å²) in [4.78, 5) is 73.2. The molecule has 0 spiro atoms. The predicted molar refractivity (Wildman–Crippen MR) is 207 cm³/mol. The van der Waals surface area contributed by atoms with Crippen molar-refractivity contribution in [3.63, 3.8) is 0 Å². The molecule has 6 fully saturated rings. The number of aliphatic hydroxyl groups excluding tert-OH is 13. The van der Waals surface area contributed by atoms with Gasteiger partial charge in [-0.25, -0.2) is 28.8 Å². The van der Waals surface area contributed by atoms with Gasteiger partial charge in [-0.15, -0.1) is 0 Å². The molecule has 0 amide bonds. The Morgan fingerprint density at radius 2 is 0.446 bits per heavy atom. The van der Waals surface area contributed by atoms with Gasteiger partial charge in [0.15, 0.2) is 74.4 Å². The van der Waals surface area contributed by atoms with Crippen LogP contribution in [0.25, 0.3) is 0 Å². The molecule has 6 saturated heterocycles. The SMILES string of the molecule is CO[C@H]1C(C(=O)O)O[C@@H](O[C@H]2C(O)C(O)[C@@H](O[C@H]3C(C(=O)O)O[C@@H](O[C@H]4C(O)C(O)[C@@H](O[C@H]5C(C(=O)O)O[C@@H](O[C@H]6C(O)C(O)[C@@H](O)O[C@@H]6C(=O)O)C(O)[C@@H]5O)O[C@@H]4C(=O)O)C(O)[C@H]3O)O[C@H]2C(=O)O)C(O)[C@@H]1O. The molecule has 19 N–H and O–H groups in total. The molecule has 422 valence electrons. The molecule has 0 radical (unpaired) electrons. The average Bonchev–Trinajstić information content (AvgIpc) is 3.33. The second-order valence-corrected chi connectivity index (χ2v) is 17.2. The first-order valence-electron chi connectivity index (χ1n) is 21.5. The summed E-state index contributed by atoms with van der Waals surface area (Å²) in [5.74, 6) is -12.0. The number of ether oxygens (including phenoxy) is 12. The first-order chi connectivity index (χ1) is 34.5. The minimum absolute atomic E-state index is 0.956. The quantitative estimate of drug-likeness (QED) is 0.0643. The van der Waals surface area contributed by atoms with Gasteiger partial charge in [0.05, 0.1) is 0 Å². The lowest BCUT2D eigenvalue weighted by Crippen LogP contribution is -2.69. The van der Waals surface area contributed by atoms with Crippen LogP contribution in [0.15, 0.2) is 0 Å². The largest absolute Gasteiger partial charge is 0.479 e. The highest BCUT2D eigenvalue weighted by atomic mass is 16.8. The minimum Gasteiger partial charge on any atom is -0.479 e. The number of hydrogen-bond acceptors (Lipinski definition) is 31. The van der Waals surface area contributed by atoms with Crippen molar-refractivity contribution in [3.8, 4) is 0 Å². The Morgan fingerprint density at radius 3 is 0.649 bits per heavy atom. The van der Waals surface area contributed by atoms with Gasteiger partial charge in [0.25, 0.3) is 0 Å². The standard InChI is InChI=1S/C37H52O37/c1-63-14-3(39)9(45)33(70-20(14)26(50)51)66-16-5(41)11(47)35(72-22(16)28(54)55)68-18-7(43)13(49)37(74-24(18)30(58)59)69-19-6(42)12(48)36(73-25(19)31(60)61)67-17-4(40)10(46)34(71-23(17)29(56)57)65-15-2(38)8(44)32(62)64-21(15)27(52)53/h2-25,32-49,62H,1H3,(H,50,51)(H,52,53)(H,54,55)(H,56,57)(H,58,59)(H,60,61)/t2?,3-,4-,5?,6?,7+,8?,9?,10?,11?,12?,13?,14+,15-,16-,17+,18+,19-,20?,21-,22+,23?,24?,25-,32-,33+,34+,35-,36-,37+/m0/s1. The molecule has 6 rings (SSSR count). The van der Waals surface area contributed by atoms with Crippen LogP contribution in [0.3, 0.4) is 0 Å². The van der Waals surface area contributed by atoms with E-state index in [-0.39, 0.29) is 0 Å². The molecule has 0 aromatic carbocycles. The molecule has 0 aromatic rings. The highest BCUT2D eigenvalue weighted by Gasteiger charge is 2.61. The number of aliphatic hydroxyl groups is 13. The monoisotopic (exact) mass is 1090 g/mol. The van der Waals surface area contributed by atoms with Gasteiger partial charge in [-0.3, -0.25) is 0 Å². The van der Waals surface area contributed by atoms with E-state index in [2.05, 4.69) is 4.74 Å². The maximum Gasteiger partial charge on any atom is 0.335 e. The maximum atomic E-state index is 12.5. The molecule has 0 aromatic heterocycles. The van der Waals surface area contributed by atoms with Crippen molar-refractivity contribution < 1.29 is 183 Å². The summed E-state index contributed by atoms with van der Waals surface area (Å²) in [6.45, 7) is 0. The fraction of sp³-hybridized carbons (Fsp3) is 0.838. The zero-order chi connectivity index (χ0) is 55.3. The third-order valence-electron chi connectivity index (χ3n) is 12.5. The number of carbonyl (C=O) groups is 6. The van der Waals surface area contributed by atoms with Gasteiger partial charge in [-0.2, -0.15) is 0 Å². The van der Waals surface area contributed by atoms with Crippen molar-refractivity contribution in [1.82, 2.24) is 0 Å². The van der Waals surface area contributed by atoms with Crippen molar-refractivity contribution in [1.29, 1.82) is 0 Å². The number of hydrogen-bond donors (Lipinski definition) is 19. The van der Waals surface area contributed by atoms with Gasteiger partial charge in [0, 0.05) is 7.11 Å². The molecule has 0 aliphatic carbocycles. The average molecular weight is 1090 g/mol. The van der Waals surface area contributed by atoms with Gasteiger partial charge < -0.3 is 154 Å². The van der Waals surface area contributed by atoms with Crippen LogP contribution in [0.1, 0.15) is 0 Å². The molecule has 37 nitrogen and oxygen atoms in total. The number of carboxylic acids is 6. The molecule has 6 aliphatic heterocycles. The summed E-state index contributed by atoms with van der Waals surface area (Å²) >= 11 is 0. The van der Waals surface area contributed by atoms with Gasteiger partial charge in [0.2, 0.25) is 0 Å². The molecule has 0 bridgehead atoms. The number of methoxy groups -OCH3 is 1. The zero-order valence-corrected chi connectivity index (χ0v) is 37.2. The van der Waals surface area contributed by atoms with Crippen LogP contribution in [-0.4, -0.2) is 324 Å². The van der Waals surface area contributed by atoms with Crippen molar-refractivity contribution in [2.75, 3.05) is 7.11 Å². The van der Waals surface area contributed by atoms with E-state index in [1.54, 1.807) is 0 Å². The number of aliphatic carboxylic acids is 6. The molecular weight excluding hydrogens is 1040 g/mol. The topological polar surface area (TPSA) is 598 Å². The third-order valence-corrected chi connectivity index (χ3v) is 12.5. The Kier molecular flexibility index (Phi) is 18.8. The first kappa shape index (κ1) is 59.1. The van der Waals surface area contributed by atoms with E-state index in [0.717, 1.165) is 7.11 Å².